The SMILES string of the molecule is CCCCc1nc(=O)c(S(=O)(=O)c2ccc(-c3ccccc3C(=O)NC3CC3)cc2)c(O)n1C(c1cccc(C#N)c1)C1CC1. The van der Waals surface area contributed by atoms with Crippen molar-refractivity contribution in [2.24, 2.45) is 5.92 Å². The minimum absolute atomic E-state index is 0.0848. The Morgan fingerprint density at radius 3 is 2.47 bits per heavy atom. The summed E-state index contributed by atoms with van der Waals surface area (Å²) in [5.41, 5.74) is 1.95. The standard InChI is InChI=1S/C35H34N4O5S/c1-2-3-11-30-38-34(41)32(35(42)39(30)31(24-12-13-24)25-8-6-7-22(20-25)21-36)45(43,44)27-18-14-23(15-19-27)28-9-4-5-10-29(28)33(40)37-26-16-17-26/h4-10,14-15,18-20,24,26,31,42H,2-3,11-13,16-17H2,1H3,(H,37,40). The first-order chi connectivity index (χ1) is 21.7. The lowest BCUT2D eigenvalue weighted by atomic mass is 9.99. The molecule has 6 rings (SSSR count). The van der Waals surface area contributed by atoms with E-state index in [1.807, 2.05) is 19.1 Å². The van der Waals surface area contributed by atoms with Crippen LogP contribution in [0.2, 0.25) is 0 Å². The molecule has 1 heterocycles. The number of aromatic hydroxyl groups is 1. The Morgan fingerprint density at radius 2 is 1.80 bits per heavy atom. The zero-order valence-corrected chi connectivity index (χ0v) is 25.8. The molecule has 0 radical (unpaired) electrons. The van der Waals surface area contributed by atoms with E-state index >= 15 is 0 Å². The van der Waals surface area contributed by atoms with E-state index in [1.54, 1.807) is 48.5 Å². The van der Waals surface area contributed by atoms with Crippen LogP contribution in [0.1, 0.15) is 78.8 Å². The number of amides is 1. The van der Waals surface area contributed by atoms with E-state index in [4.69, 9.17) is 0 Å². The number of aromatic nitrogens is 2. The molecule has 1 aromatic heterocycles. The lowest BCUT2D eigenvalue weighted by Gasteiger charge is -2.26. The number of hydrogen-bond donors (Lipinski definition) is 2. The third-order valence-electron chi connectivity index (χ3n) is 8.42. The van der Waals surface area contributed by atoms with Crippen molar-refractivity contribution in [3.05, 3.63) is 106 Å². The monoisotopic (exact) mass is 622 g/mol. The van der Waals surface area contributed by atoms with Crippen LogP contribution in [0.25, 0.3) is 11.1 Å². The van der Waals surface area contributed by atoms with Gasteiger partial charge in [0.05, 0.1) is 22.6 Å². The Morgan fingerprint density at radius 1 is 1.07 bits per heavy atom. The largest absolute Gasteiger partial charge is 0.493 e. The van der Waals surface area contributed by atoms with Crippen molar-refractivity contribution >= 4 is 15.7 Å². The molecule has 230 valence electrons. The third kappa shape index (κ3) is 6.13. The molecule has 1 amide bonds. The maximum Gasteiger partial charge on any atom is 0.296 e. The lowest BCUT2D eigenvalue weighted by Crippen LogP contribution is -2.28. The molecule has 4 aromatic rings. The molecule has 2 N–H and O–H groups in total. The molecule has 0 bridgehead atoms. The molecular formula is C35H34N4O5S. The summed E-state index contributed by atoms with van der Waals surface area (Å²) in [6.07, 6.45) is 5.49. The van der Waals surface area contributed by atoms with Gasteiger partial charge in [0.1, 0.15) is 5.82 Å². The molecule has 2 saturated carbocycles. The number of nitriles is 1. The van der Waals surface area contributed by atoms with Crippen LogP contribution in [-0.2, 0) is 16.3 Å². The normalized spacial score (nSPS) is 15.3. The fourth-order valence-electron chi connectivity index (χ4n) is 5.78. The van der Waals surface area contributed by atoms with Gasteiger partial charge in [-0.25, -0.2) is 8.42 Å². The van der Waals surface area contributed by atoms with Gasteiger partial charge in [-0.3, -0.25) is 14.2 Å². The Bertz CT molecular complexity index is 1970. The first kappa shape index (κ1) is 30.3. The zero-order chi connectivity index (χ0) is 31.7. The molecule has 0 saturated heterocycles. The molecular weight excluding hydrogens is 588 g/mol. The second kappa shape index (κ2) is 12.3. The number of carbonyl (C=O) groups excluding carboxylic acids is 1. The minimum atomic E-state index is -4.50. The van der Waals surface area contributed by atoms with E-state index in [1.165, 1.54) is 16.7 Å². The highest BCUT2D eigenvalue weighted by atomic mass is 32.2. The van der Waals surface area contributed by atoms with Crippen molar-refractivity contribution in [2.75, 3.05) is 0 Å². The number of sulfone groups is 1. The summed E-state index contributed by atoms with van der Waals surface area (Å²) in [5, 5.41) is 24.2. The average Bonchev–Trinajstić information content (AvgIpc) is 3.98. The topological polar surface area (TPSA) is 142 Å². The van der Waals surface area contributed by atoms with Crippen molar-refractivity contribution < 1.29 is 18.3 Å². The summed E-state index contributed by atoms with van der Waals surface area (Å²) >= 11 is 0. The number of benzene rings is 3. The number of hydrogen-bond acceptors (Lipinski definition) is 7. The fourth-order valence-corrected chi connectivity index (χ4v) is 7.12. The summed E-state index contributed by atoms with van der Waals surface area (Å²) in [5.74, 6) is -0.433. The summed E-state index contributed by atoms with van der Waals surface area (Å²) in [7, 11) is -4.50. The quantitative estimate of drug-likeness (QED) is 0.223. The molecule has 1 atom stereocenters. The molecule has 0 spiro atoms. The smallest absolute Gasteiger partial charge is 0.296 e. The number of rotatable bonds is 11. The molecule has 10 heteroatoms. The third-order valence-corrected chi connectivity index (χ3v) is 10.2. The number of nitrogens with one attached hydrogen (secondary N) is 1. The average molecular weight is 623 g/mol. The second-order valence-electron chi connectivity index (χ2n) is 11.8. The highest BCUT2D eigenvalue weighted by molar-refractivity contribution is 7.91. The van der Waals surface area contributed by atoms with Crippen LogP contribution < -0.4 is 10.9 Å². The number of nitrogens with zero attached hydrogens (tertiary/aromatic N) is 3. The maximum absolute atomic E-state index is 14.0. The zero-order valence-electron chi connectivity index (χ0n) is 24.9. The van der Waals surface area contributed by atoms with Crippen LogP contribution >= 0.6 is 0 Å². The van der Waals surface area contributed by atoms with E-state index in [0.717, 1.165) is 37.7 Å². The van der Waals surface area contributed by atoms with Gasteiger partial charge in [0, 0.05) is 18.0 Å². The van der Waals surface area contributed by atoms with E-state index in [0.29, 0.717) is 40.9 Å². The molecule has 2 aliphatic rings. The number of unbranched alkanes of at least 4 members (excludes halogenated alkanes) is 1. The van der Waals surface area contributed by atoms with E-state index < -0.39 is 32.2 Å². The van der Waals surface area contributed by atoms with Gasteiger partial charge in [0.15, 0.2) is 4.90 Å². The van der Waals surface area contributed by atoms with E-state index in [2.05, 4.69) is 16.4 Å². The molecule has 0 aliphatic heterocycles. The predicted molar refractivity (Wildman–Crippen MR) is 169 cm³/mol. The van der Waals surface area contributed by atoms with Gasteiger partial charge < -0.3 is 10.4 Å². The van der Waals surface area contributed by atoms with Gasteiger partial charge in [-0.05, 0) is 85.0 Å². The summed E-state index contributed by atoms with van der Waals surface area (Å²) in [4.78, 5) is 29.5. The maximum atomic E-state index is 14.0. The highest BCUT2D eigenvalue weighted by Gasteiger charge is 2.39. The Hall–Kier alpha value is -4.75. The molecule has 45 heavy (non-hydrogen) atoms. The Kier molecular flexibility index (Phi) is 8.30. The first-order valence-electron chi connectivity index (χ1n) is 15.3. The van der Waals surface area contributed by atoms with Gasteiger partial charge in [-0.15, -0.1) is 0 Å². The van der Waals surface area contributed by atoms with Gasteiger partial charge in [0.25, 0.3) is 11.5 Å². The summed E-state index contributed by atoms with van der Waals surface area (Å²) < 4.78 is 29.6. The first-order valence-corrected chi connectivity index (χ1v) is 16.8. The van der Waals surface area contributed by atoms with Crippen molar-refractivity contribution in [3.63, 3.8) is 0 Å². The van der Waals surface area contributed by atoms with Crippen LogP contribution in [0.15, 0.2) is 87.4 Å². The van der Waals surface area contributed by atoms with Gasteiger partial charge in [-0.2, -0.15) is 10.2 Å². The molecule has 9 nitrogen and oxygen atoms in total. The van der Waals surface area contributed by atoms with Crippen LogP contribution in [0.3, 0.4) is 0 Å². The minimum Gasteiger partial charge on any atom is -0.493 e. The van der Waals surface area contributed by atoms with E-state index in [-0.39, 0.29) is 22.8 Å². The van der Waals surface area contributed by atoms with Gasteiger partial charge in [0.2, 0.25) is 15.7 Å². The molecule has 2 aliphatic carbocycles. The van der Waals surface area contributed by atoms with Crippen LogP contribution in [0, 0.1) is 17.2 Å². The molecule has 3 aromatic carbocycles. The fraction of sp³-hybridized carbons (Fsp3) is 0.314. The summed E-state index contributed by atoms with van der Waals surface area (Å²) in [6.45, 7) is 2.00. The number of carbonyl (C=O) groups is 1. The molecule has 1 unspecified atom stereocenters. The lowest BCUT2D eigenvalue weighted by molar-refractivity contribution is 0.0951. The predicted octanol–water partition coefficient (Wildman–Crippen LogP) is 5.55. The van der Waals surface area contributed by atoms with Crippen LogP contribution in [0.5, 0.6) is 5.88 Å². The van der Waals surface area contributed by atoms with Crippen molar-refractivity contribution in [1.29, 1.82) is 5.26 Å². The van der Waals surface area contributed by atoms with Crippen molar-refractivity contribution in [2.45, 2.75) is 73.7 Å². The van der Waals surface area contributed by atoms with Crippen molar-refractivity contribution in [1.82, 2.24) is 14.9 Å². The van der Waals surface area contributed by atoms with Gasteiger partial charge >= 0.3 is 0 Å². The summed E-state index contributed by atoms with van der Waals surface area (Å²) in [6, 6.07) is 21.9. The Balaban J connectivity index is 1.43. The van der Waals surface area contributed by atoms with E-state index in [9.17, 15) is 28.4 Å². The highest BCUT2D eigenvalue weighted by Crippen LogP contribution is 2.46. The van der Waals surface area contributed by atoms with Crippen LogP contribution in [0.4, 0.5) is 0 Å². The van der Waals surface area contributed by atoms with Gasteiger partial charge in [-0.1, -0.05) is 55.8 Å². The Labute approximate surface area is 262 Å². The second-order valence-corrected chi connectivity index (χ2v) is 13.7. The number of aryl methyl sites for hydroxylation is 1. The van der Waals surface area contributed by atoms with Crippen LogP contribution in [-0.4, -0.2) is 35.0 Å². The molecule has 2 fully saturated rings. The van der Waals surface area contributed by atoms with Crippen molar-refractivity contribution in [3.8, 4) is 23.1 Å².